The van der Waals surface area contributed by atoms with Crippen molar-refractivity contribution in [1.29, 1.82) is 0 Å². The Morgan fingerprint density at radius 1 is 1.22 bits per heavy atom. The highest BCUT2D eigenvalue weighted by molar-refractivity contribution is 7.22. The number of thiazole rings is 1. The van der Waals surface area contributed by atoms with Gasteiger partial charge in [-0.3, -0.25) is 20.2 Å². The van der Waals surface area contributed by atoms with E-state index in [1.54, 1.807) is 36.4 Å². The molecule has 136 valence electrons. The summed E-state index contributed by atoms with van der Waals surface area (Å²) in [6.45, 7) is 0. The van der Waals surface area contributed by atoms with Gasteiger partial charge < -0.3 is 4.74 Å². The topological polar surface area (TPSA) is 111 Å². The molecule has 2 aromatic carbocycles. The average Bonchev–Trinajstić information content (AvgIpc) is 3.07. The molecule has 0 atom stereocenters. The van der Waals surface area contributed by atoms with E-state index in [4.69, 9.17) is 0 Å². The third-order valence-electron chi connectivity index (χ3n) is 3.57. The maximum absolute atomic E-state index is 12.0. The molecule has 1 aromatic heterocycles. The highest BCUT2D eigenvalue weighted by Gasteiger charge is 2.10. The lowest BCUT2D eigenvalue weighted by Gasteiger charge is -1.97. The summed E-state index contributed by atoms with van der Waals surface area (Å²) in [6, 6.07) is 10.8. The van der Waals surface area contributed by atoms with Gasteiger partial charge in [0, 0.05) is 18.2 Å². The Bertz CT molecular complexity index is 1060. The molecule has 27 heavy (non-hydrogen) atoms. The first-order valence-corrected chi connectivity index (χ1v) is 8.50. The Hall–Kier alpha value is -3.59. The Labute approximate surface area is 157 Å². The average molecular weight is 383 g/mol. The summed E-state index contributed by atoms with van der Waals surface area (Å²) in [5, 5.41) is 13.7. The lowest BCUT2D eigenvalue weighted by atomic mass is 10.2. The van der Waals surface area contributed by atoms with Crippen LogP contribution in [0, 0.1) is 10.1 Å². The number of aromatic nitrogens is 1. The molecule has 3 rings (SSSR count). The lowest BCUT2D eigenvalue weighted by Crippen LogP contribution is -2.07. The van der Waals surface area contributed by atoms with Gasteiger partial charge in [0.2, 0.25) is 5.91 Å². The van der Waals surface area contributed by atoms with E-state index in [2.05, 4.69) is 15.0 Å². The van der Waals surface area contributed by atoms with Crippen molar-refractivity contribution in [1.82, 2.24) is 4.98 Å². The number of ether oxygens (including phenoxy) is 1. The highest BCUT2D eigenvalue weighted by Crippen LogP contribution is 2.27. The van der Waals surface area contributed by atoms with E-state index >= 15 is 0 Å². The number of carbonyl (C=O) groups is 2. The van der Waals surface area contributed by atoms with Crippen LogP contribution < -0.4 is 5.32 Å². The van der Waals surface area contributed by atoms with Crippen LogP contribution in [-0.4, -0.2) is 28.9 Å². The van der Waals surface area contributed by atoms with Crippen LogP contribution in [0.5, 0.6) is 0 Å². The zero-order valence-electron chi connectivity index (χ0n) is 14.0. The minimum Gasteiger partial charge on any atom is -0.465 e. The Kier molecular flexibility index (Phi) is 5.23. The van der Waals surface area contributed by atoms with Crippen LogP contribution in [0.15, 0.2) is 48.5 Å². The molecule has 0 aliphatic carbocycles. The van der Waals surface area contributed by atoms with Crippen molar-refractivity contribution in [3.05, 3.63) is 69.8 Å². The van der Waals surface area contributed by atoms with Crippen LogP contribution >= 0.6 is 11.3 Å². The second-order valence-electron chi connectivity index (χ2n) is 5.36. The fourth-order valence-electron chi connectivity index (χ4n) is 2.25. The number of amides is 1. The summed E-state index contributed by atoms with van der Waals surface area (Å²) in [7, 11) is 1.31. The van der Waals surface area contributed by atoms with Gasteiger partial charge in [-0.25, -0.2) is 9.78 Å². The van der Waals surface area contributed by atoms with E-state index in [0.717, 1.165) is 4.70 Å². The summed E-state index contributed by atoms with van der Waals surface area (Å²) < 4.78 is 5.42. The monoisotopic (exact) mass is 383 g/mol. The van der Waals surface area contributed by atoms with Crippen LogP contribution in [-0.2, 0) is 9.53 Å². The first kappa shape index (κ1) is 18.2. The third kappa shape index (κ3) is 4.33. The van der Waals surface area contributed by atoms with Crippen LogP contribution in [0.1, 0.15) is 15.9 Å². The molecule has 8 nitrogen and oxygen atoms in total. The molecule has 0 unspecified atom stereocenters. The molecule has 1 amide bonds. The quantitative estimate of drug-likeness (QED) is 0.312. The number of fused-ring (bicyclic) bond motifs is 1. The Balaban J connectivity index is 1.69. The molecule has 1 heterocycles. The van der Waals surface area contributed by atoms with Crippen molar-refractivity contribution >= 4 is 50.3 Å². The molecule has 1 N–H and O–H groups in total. The molecular weight excluding hydrogens is 370 g/mol. The van der Waals surface area contributed by atoms with E-state index in [1.165, 1.54) is 36.7 Å². The van der Waals surface area contributed by atoms with Crippen molar-refractivity contribution in [3.63, 3.8) is 0 Å². The maximum atomic E-state index is 12.0. The molecule has 0 spiro atoms. The van der Waals surface area contributed by atoms with Gasteiger partial charge in [0.15, 0.2) is 5.13 Å². The second-order valence-corrected chi connectivity index (χ2v) is 6.39. The molecule has 0 radical (unpaired) electrons. The number of anilines is 1. The number of nitro groups is 1. The van der Waals surface area contributed by atoms with Gasteiger partial charge in [-0.2, -0.15) is 0 Å². The molecule has 0 aliphatic rings. The first-order chi connectivity index (χ1) is 13.0. The molecule has 0 aliphatic heterocycles. The van der Waals surface area contributed by atoms with Gasteiger partial charge in [0.25, 0.3) is 5.69 Å². The normalized spacial score (nSPS) is 10.9. The number of hydrogen-bond donors (Lipinski definition) is 1. The van der Waals surface area contributed by atoms with Crippen LogP contribution in [0.2, 0.25) is 0 Å². The van der Waals surface area contributed by atoms with Crippen LogP contribution in [0.3, 0.4) is 0 Å². The van der Waals surface area contributed by atoms with Gasteiger partial charge in [0.05, 0.1) is 27.8 Å². The molecule has 0 bridgehead atoms. The number of benzene rings is 2. The van der Waals surface area contributed by atoms with Crippen molar-refractivity contribution in [2.45, 2.75) is 0 Å². The van der Waals surface area contributed by atoms with Gasteiger partial charge in [-0.1, -0.05) is 11.3 Å². The number of esters is 1. The maximum Gasteiger partial charge on any atom is 0.337 e. The number of rotatable bonds is 5. The minimum absolute atomic E-state index is 0.0163. The molecule has 0 saturated carbocycles. The number of carbonyl (C=O) groups excluding carboxylic acids is 2. The van der Waals surface area contributed by atoms with Crippen molar-refractivity contribution in [2.24, 2.45) is 0 Å². The predicted octanol–water partition coefficient (Wildman–Crippen LogP) is 3.64. The molecule has 0 fully saturated rings. The van der Waals surface area contributed by atoms with Gasteiger partial charge in [-0.15, -0.1) is 0 Å². The third-order valence-corrected chi connectivity index (χ3v) is 4.50. The summed E-state index contributed by atoms with van der Waals surface area (Å²) >= 11 is 1.23. The minimum atomic E-state index is -0.487. The van der Waals surface area contributed by atoms with Gasteiger partial charge >= 0.3 is 5.97 Å². The summed E-state index contributed by atoms with van der Waals surface area (Å²) in [5.41, 5.74) is 1.70. The van der Waals surface area contributed by atoms with Crippen LogP contribution in [0.4, 0.5) is 10.8 Å². The molecule has 3 aromatic rings. The lowest BCUT2D eigenvalue weighted by molar-refractivity contribution is -0.384. The SMILES string of the molecule is COC(=O)c1ccc2nc(NC(=O)C=Cc3ccc([N+](=O)[O-])cc3)sc2c1. The van der Waals surface area contributed by atoms with Crippen molar-refractivity contribution < 1.29 is 19.2 Å². The van der Waals surface area contributed by atoms with Gasteiger partial charge in [0.1, 0.15) is 0 Å². The molecular formula is C18H13N3O5S. The fraction of sp³-hybridized carbons (Fsp3) is 0.0556. The van der Waals surface area contributed by atoms with Crippen molar-refractivity contribution in [3.8, 4) is 0 Å². The number of nitro benzene ring substituents is 1. The fourth-order valence-corrected chi connectivity index (χ4v) is 3.16. The highest BCUT2D eigenvalue weighted by atomic mass is 32.1. The smallest absolute Gasteiger partial charge is 0.337 e. The molecule has 9 heteroatoms. The summed E-state index contributed by atoms with van der Waals surface area (Å²) in [4.78, 5) is 38.0. The largest absolute Gasteiger partial charge is 0.465 e. The Morgan fingerprint density at radius 3 is 2.63 bits per heavy atom. The van der Waals surface area contributed by atoms with E-state index in [0.29, 0.717) is 21.8 Å². The molecule has 0 saturated heterocycles. The number of nitrogens with zero attached hydrogens (tertiary/aromatic N) is 2. The first-order valence-electron chi connectivity index (χ1n) is 7.68. The predicted molar refractivity (Wildman–Crippen MR) is 102 cm³/mol. The van der Waals surface area contributed by atoms with E-state index in [-0.39, 0.29) is 11.6 Å². The standard InChI is InChI=1S/C18H13N3O5S/c1-26-17(23)12-5-8-14-15(10-12)27-18(19-14)20-16(22)9-4-11-2-6-13(7-3-11)21(24)25/h2-10H,1H3,(H,19,20,22). The second kappa shape index (κ2) is 7.75. The van der Waals surface area contributed by atoms with E-state index < -0.39 is 10.9 Å². The van der Waals surface area contributed by atoms with E-state index in [9.17, 15) is 19.7 Å². The number of hydrogen-bond acceptors (Lipinski definition) is 7. The van der Waals surface area contributed by atoms with E-state index in [1.807, 2.05) is 0 Å². The number of non-ortho nitro benzene ring substituents is 1. The zero-order valence-corrected chi connectivity index (χ0v) is 14.9. The number of methoxy groups -OCH3 is 1. The zero-order chi connectivity index (χ0) is 19.4. The summed E-state index contributed by atoms with van der Waals surface area (Å²) in [5.74, 6) is -0.831. The van der Waals surface area contributed by atoms with Crippen LogP contribution in [0.25, 0.3) is 16.3 Å². The van der Waals surface area contributed by atoms with Crippen molar-refractivity contribution in [2.75, 3.05) is 12.4 Å². The summed E-state index contributed by atoms with van der Waals surface area (Å²) in [6.07, 6.45) is 2.86. The van der Waals surface area contributed by atoms with Gasteiger partial charge in [-0.05, 0) is 42.0 Å². The Morgan fingerprint density at radius 2 is 1.96 bits per heavy atom. The number of nitrogens with one attached hydrogen (secondary N) is 1.